The molecule has 0 saturated heterocycles. The van der Waals surface area contributed by atoms with E-state index in [1.165, 1.54) is 28.4 Å². The maximum atomic E-state index is 5.82. The van der Waals surface area contributed by atoms with Crippen LogP contribution in [0.15, 0.2) is 16.6 Å². The number of benzene rings is 1. The molecule has 1 unspecified atom stereocenters. The summed E-state index contributed by atoms with van der Waals surface area (Å²) < 4.78 is 7.00. The van der Waals surface area contributed by atoms with Gasteiger partial charge in [-0.15, -0.1) is 0 Å². The topological polar surface area (TPSA) is 21.3 Å². The highest BCUT2D eigenvalue weighted by Crippen LogP contribution is 2.34. The van der Waals surface area contributed by atoms with Crippen molar-refractivity contribution in [2.45, 2.75) is 52.5 Å². The van der Waals surface area contributed by atoms with Crippen molar-refractivity contribution in [2.75, 3.05) is 13.2 Å². The molecular weight excluding hydrogens is 314 g/mol. The standard InChI is InChI=1S/C17H26BrNO/c1-4-8-19-16(12(2)3)6-5-13-10-15(18)11-14-7-9-20-17(13)14/h10-12,16,19H,4-9H2,1-3H3. The second-order valence-corrected chi connectivity index (χ2v) is 6.91. The van der Waals surface area contributed by atoms with Crippen molar-refractivity contribution in [1.82, 2.24) is 5.32 Å². The van der Waals surface area contributed by atoms with Crippen LogP contribution >= 0.6 is 15.9 Å². The number of hydrogen-bond acceptors (Lipinski definition) is 2. The van der Waals surface area contributed by atoms with Gasteiger partial charge in [0.05, 0.1) is 6.61 Å². The average molecular weight is 340 g/mol. The summed E-state index contributed by atoms with van der Waals surface area (Å²) in [6, 6.07) is 5.01. The number of ether oxygens (including phenoxy) is 1. The average Bonchev–Trinajstić information content (AvgIpc) is 2.86. The fraction of sp³-hybridized carbons (Fsp3) is 0.647. The summed E-state index contributed by atoms with van der Waals surface area (Å²) in [5, 5.41) is 3.67. The first-order valence-corrected chi connectivity index (χ1v) is 8.58. The molecule has 1 aromatic carbocycles. The van der Waals surface area contributed by atoms with E-state index in [0.717, 1.165) is 31.7 Å². The van der Waals surface area contributed by atoms with Crippen molar-refractivity contribution in [3.63, 3.8) is 0 Å². The molecular formula is C17H26BrNO. The lowest BCUT2D eigenvalue weighted by atomic mass is 9.95. The number of rotatable bonds is 7. The molecule has 0 amide bonds. The third-order valence-corrected chi connectivity index (χ3v) is 4.47. The Morgan fingerprint density at radius 1 is 1.35 bits per heavy atom. The molecule has 1 aliphatic rings. The van der Waals surface area contributed by atoms with E-state index in [1.54, 1.807) is 0 Å². The second-order valence-electron chi connectivity index (χ2n) is 5.99. The van der Waals surface area contributed by atoms with Gasteiger partial charge in [0, 0.05) is 16.9 Å². The predicted molar refractivity (Wildman–Crippen MR) is 88.6 cm³/mol. The molecule has 1 atom stereocenters. The van der Waals surface area contributed by atoms with Crippen LogP contribution in [0.4, 0.5) is 0 Å². The van der Waals surface area contributed by atoms with Gasteiger partial charge in [-0.25, -0.2) is 0 Å². The van der Waals surface area contributed by atoms with Crippen molar-refractivity contribution >= 4 is 15.9 Å². The van der Waals surface area contributed by atoms with Gasteiger partial charge in [0.2, 0.25) is 0 Å². The van der Waals surface area contributed by atoms with Crippen molar-refractivity contribution in [3.8, 4) is 5.75 Å². The van der Waals surface area contributed by atoms with E-state index in [9.17, 15) is 0 Å². The van der Waals surface area contributed by atoms with Crippen LogP contribution in [0.5, 0.6) is 5.75 Å². The fourth-order valence-corrected chi connectivity index (χ4v) is 3.40. The van der Waals surface area contributed by atoms with Crippen molar-refractivity contribution in [2.24, 2.45) is 5.92 Å². The summed E-state index contributed by atoms with van der Waals surface area (Å²) in [6.45, 7) is 8.76. The van der Waals surface area contributed by atoms with Gasteiger partial charge >= 0.3 is 0 Å². The second kappa shape index (κ2) is 7.46. The Balaban J connectivity index is 2.02. The highest BCUT2D eigenvalue weighted by molar-refractivity contribution is 9.10. The summed E-state index contributed by atoms with van der Waals surface area (Å²) in [5.74, 6) is 1.81. The monoisotopic (exact) mass is 339 g/mol. The Hall–Kier alpha value is -0.540. The molecule has 20 heavy (non-hydrogen) atoms. The minimum absolute atomic E-state index is 0.589. The summed E-state index contributed by atoms with van der Waals surface area (Å²) in [6.07, 6.45) is 4.49. The van der Waals surface area contributed by atoms with Gasteiger partial charge in [-0.2, -0.15) is 0 Å². The van der Waals surface area contributed by atoms with Crippen molar-refractivity contribution < 1.29 is 4.74 Å². The molecule has 0 aromatic heterocycles. The number of aryl methyl sites for hydroxylation is 1. The zero-order chi connectivity index (χ0) is 14.5. The van der Waals surface area contributed by atoms with Crippen LogP contribution < -0.4 is 10.1 Å². The van der Waals surface area contributed by atoms with Crippen LogP contribution in [0.2, 0.25) is 0 Å². The summed E-state index contributed by atoms with van der Waals surface area (Å²) >= 11 is 3.62. The fourth-order valence-electron chi connectivity index (χ4n) is 2.84. The van der Waals surface area contributed by atoms with Crippen LogP contribution in [-0.2, 0) is 12.8 Å². The molecule has 0 aliphatic carbocycles. The smallest absolute Gasteiger partial charge is 0.125 e. The Morgan fingerprint density at radius 3 is 2.85 bits per heavy atom. The van der Waals surface area contributed by atoms with Crippen molar-refractivity contribution in [3.05, 3.63) is 27.7 Å². The molecule has 2 nitrogen and oxygen atoms in total. The molecule has 2 rings (SSSR count). The summed E-state index contributed by atoms with van der Waals surface area (Å²) in [7, 11) is 0. The molecule has 1 heterocycles. The Kier molecular flexibility index (Phi) is 5.91. The number of hydrogen-bond donors (Lipinski definition) is 1. The van der Waals surface area contributed by atoms with Gasteiger partial charge in [-0.05, 0) is 55.0 Å². The first-order valence-electron chi connectivity index (χ1n) is 7.79. The third-order valence-electron chi connectivity index (χ3n) is 4.01. The quantitative estimate of drug-likeness (QED) is 0.797. The van der Waals surface area contributed by atoms with E-state index in [-0.39, 0.29) is 0 Å². The first-order chi connectivity index (χ1) is 9.61. The van der Waals surface area contributed by atoms with E-state index in [0.29, 0.717) is 12.0 Å². The van der Waals surface area contributed by atoms with E-state index in [2.05, 4.69) is 54.2 Å². The van der Waals surface area contributed by atoms with Crippen molar-refractivity contribution in [1.29, 1.82) is 0 Å². The molecule has 112 valence electrons. The molecule has 0 saturated carbocycles. The lowest BCUT2D eigenvalue weighted by Gasteiger charge is -2.22. The van der Waals surface area contributed by atoms with E-state index >= 15 is 0 Å². The zero-order valence-corrected chi connectivity index (χ0v) is 14.4. The lowest BCUT2D eigenvalue weighted by molar-refractivity contribution is 0.348. The van der Waals surface area contributed by atoms with Crippen LogP contribution in [0.25, 0.3) is 0 Å². The highest BCUT2D eigenvalue weighted by atomic mass is 79.9. The Bertz CT molecular complexity index is 445. The Labute approximate surface area is 131 Å². The molecule has 0 fully saturated rings. The van der Waals surface area contributed by atoms with Crippen LogP contribution in [0.1, 0.15) is 44.7 Å². The SMILES string of the molecule is CCCNC(CCc1cc(Br)cc2c1OCC2)C(C)C. The van der Waals surface area contributed by atoms with Crippen LogP contribution in [-0.4, -0.2) is 19.2 Å². The molecule has 3 heteroatoms. The summed E-state index contributed by atoms with van der Waals surface area (Å²) in [4.78, 5) is 0. The van der Waals surface area contributed by atoms with E-state index < -0.39 is 0 Å². The third kappa shape index (κ3) is 3.98. The number of halogens is 1. The molecule has 1 aliphatic heterocycles. The first kappa shape index (κ1) is 15.8. The van der Waals surface area contributed by atoms with Gasteiger partial charge in [0.15, 0.2) is 0 Å². The van der Waals surface area contributed by atoms with Gasteiger partial charge in [0.1, 0.15) is 5.75 Å². The lowest BCUT2D eigenvalue weighted by Crippen LogP contribution is -2.34. The highest BCUT2D eigenvalue weighted by Gasteiger charge is 2.19. The van der Waals surface area contributed by atoms with Gasteiger partial charge in [-0.3, -0.25) is 0 Å². The van der Waals surface area contributed by atoms with Crippen LogP contribution in [0.3, 0.4) is 0 Å². The molecule has 0 spiro atoms. The summed E-state index contributed by atoms with van der Waals surface area (Å²) in [5.41, 5.74) is 2.72. The molecule has 1 N–H and O–H groups in total. The van der Waals surface area contributed by atoms with E-state index in [4.69, 9.17) is 4.74 Å². The van der Waals surface area contributed by atoms with Gasteiger partial charge < -0.3 is 10.1 Å². The maximum Gasteiger partial charge on any atom is 0.125 e. The molecule has 0 bridgehead atoms. The molecule has 0 radical (unpaired) electrons. The minimum atomic E-state index is 0.589. The Morgan fingerprint density at radius 2 is 2.15 bits per heavy atom. The predicted octanol–water partition coefficient (Wildman–Crippen LogP) is 4.34. The largest absolute Gasteiger partial charge is 0.493 e. The normalized spacial score (nSPS) is 15.2. The maximum absolute atomic E-state index is 5.82. The van der Waals surface area contributed by atoms with Crippen LogP contribution in [0, 0.1) is 5.92 Å². The van der Waals surface area contributed by atoms with E-state index in [1.807, 2.05) is 0 Å². The number of fused-ring (bicyclic) bond motifs is 1. The van der Waals surface area contributed by atoms with Gasteiger partial charge in [0.25, 0.3) is 0 Å². The van der Waals surface area contributed by atoms with Gasteiger partial charge in [-0.1, -0.05) is 36.7 Å². The number of nitrogens with one attached hydrogen (secondary N) is 1. The molecule has 1 aromatic rings. The minimum Gasteiger partial charge on any atom is -0.493 e. The zero-order valence-electron chi connectivity index (χ0n) is 12.8.